The number of halogens is 1. The number of carbonyl (C=O) groups excluding carboxylic acids is 1. The molecule has 0 spiro atoms. The van der Waals surface area contributed by atoms with Crippen molar-refractivity contribution in [2.45, 2.75) is 176 Å². The lowest BCUT2D eigenvalue weighted by Crippen LogP contribution is -2.29. The largest absolute Gasteiger partial charge is 0.443 e. The number of benzene rings is 2. The lowest BCUT2D eigenvalue weighted by molar-refractivity contribution is 0.0540. The SMILES string of the molecule is C#CCCCCCc1cn(C(=O)OC(C)(C)C)c(N)n1.Cc1c(C)c(C)c(S(=O)(=O)NCCN=[N+]=[N-])c(C)c1C.Cc1c(C)c(C)c(S(=O)(=O)NCCn2cc(CCCCCc3cnc(N)[nH]3)nn2)c(C)c1C.Cl. The fourth-order valence-electron chi connectivity index (χ4n) is 8.05. The number of terminal acetylenes is 1. The van der Waals surface area contributed by atoms with Crippen LogP contribution in [0.3, 0.4) is 0 Å². The third-order valence-electron chi connectivity index (χ3n) is 12.8. The molecule has 7 N–H and O–H groups in total. The van der Waals surface area contributed by atoms with Crippen molar-refractivity contribution in [3.63, 3.8) is 0 Å². The molecule has 0 atom stereocenters. The highest BCUT2D eigenvalue weighted by atomic mass is 35.5. The van der Waals surface area contributed by atoms with E-state index in [4.69, 9.17) is 28.2 Å². The number of sulfonamides is 2. The zero-order valence-corrected chi connectivity index (χ0v) is 48.0. The van der Waals surface area contributed by atoms with Gasteiger partial charge in [0.25, 0.3) is 0 Å². The quantitative estimate of drug-likeness (QED) is 0.0151. The molecule has 0 unspecified atom stereocenters. The first-order chi connectivity index (χ1) is 34.2. The van der Waals surface area contributed by atoms with Crippen LogP contribution < -0.4 is 20.9 Å². The summed E-state index contributed by atoms with van der Waals surface area (Å²) in [6.07, 6.45) is 19.5. The van der Waals surface area contributed by atoms with Crippen molar-refractivity contribution in [1.29, 1.82) is 0 Å². The molecular formula is C51H79ClN14O6S2. The predicted octanol–water partition coefficient (Wildman–Crippen LogP) is 9.28. The van der Waals surface area contributed by atoms with E-state index in [0.717, 1.165) is 137 Å². The maximum Gasteiger partial charge on any atom is 0.421 e. The minimum absolute atomic E-state index is 0. The van der Waals surface area contributed by atoms with Gasteiger partial charge in [-0.15, -0.1) is 29.8 Å². The summed E-state index contributed by atoms with van der Waals surface area (Å²) in [7, 11) is -7.21. The fourth-order valence-corrected chi connectivity index (χ4v) is 11.3. The Bertz CT molecular complexity index is 2940. The van der Waals surface area contributed by atoms with Crippen LogP contribution in [-0.4, -0.2) is 82.7 Å². The maximum atomic E-state index is 13.0. The standard InChI is InChI=1S/C23H35N7O2S.C15H23N3O2.C13H20N4O2S.ClH/c1-15-16(2)18(4)22(19(5)17(15)3)33(31,32)26-11-12-30-14-21(28-29-30)10-8-6-7-9-20-13-25-23(24)27-20;1-5-6-7-8-9-10-12-11-18(13(16)17-12)14(19)20-15(2,3)4;1-8-9(2)11(4)13(12(5)10(8)3)20(18,19)16-7-6-15-17-14;/h13-14,26H,6-12H2,1-5H3,(H3,24,25,27);1,11H,6-10H2,2-4H3,(H2,16,17);16H,6-7H2,1-5H3;1H. The van der Waals surface area contributed by atoms with Gasteiger partial charge in [-0.2, -0.15) is 0 Å². The molecule has 2 aromatic carbocycles. The van der Waals surface area contributed by atoms with Gasteiger partial charge in [-0.05, 0) is 196 Å². The molecule has 5 rings (SSSR count). The number of nitrogens with zero attached hydrogens (tertiary/aromatic N) is 9. The van der Waals surface area contributed by atoms with E-state index in [2.05, 4.69) is 50.7 Å². The molecule has 0 aliphatic carbocycles. The Hall–Kier alpha value is -5.95. The molecule has 0 bridgehead atoms. The second-order valence-electron chi connectivity index (χ2n) is 19.2. The Kier molecular flexibility index (Phi) is 25.3. The average Bonchev–Trinajstić information content (AvgIpc) is 4.06. The summed E-state index contributed by atoms with van der Waals surface area (Å²) in [6, 6.07) is 0. The second-order valence-corrected chi connectivity index (χ2v) is 22.6. The number of anilines is 2. The highest BCUT2D eigenvalue weighted by Crippen LogP contribution is 2.31. The molecule has 0 radical (unpaired) electrons. The van der Waals surface area contributed by atoms with E-state index < -0.39 is 31.7 Å². The lowest BCUT2D eigenvalue weighted by Gasteiger charge is -2.19. The number of unbranched alkanes of at least 4 members (excludes halogenated alkanes) is 5. The number of aromatic nitrogens is 7. The zero-order valence-electron chi connectivity index (χ0n) is 45.6. The van der Waals surface area contributed by atoms with Gasteiger partial charge < -0.3 is 21.2 Å². The van der Waals surface area contributed by atoms with Crippen LogP contribution in [0.2, 0.25) is 0 Å². The van der Waals surface area contributed by atoms with Gasteiger partial charge in [-0.3, -0.25) is 4.68 Å². The number of carbonyl (C=O) groups is 1. The highest BCUT2D eigenvalue weighted by Gasteiger charge is 2.25. The summed E-state index contributed by atoms with van der Waals surface area (Å²) in [6.45, 7) is 25.5. The Morgan fingerprint density at radius 2 is 1.24 bits per heavy atom. The van der Waals surface area contributed by atoms with Gasteiger partial charge in [0.1, 0.15) is 5.60 Å². The summed E-state index contributed by atoms with van der Waals surface area (Å²) in [5.41, 5.74) is 31.2. The van der Waals surface area contributed by atoms with Crippen molar-refractivity contribution in [1.82, 2.24) is 44.0 Å². The van der Waals surface area contributed by atoms with E-state index >= 15 is 0 Å². The number of H-pyrrole nitrogens is 1. The number of hydrogen-bond acceptors (Lipinski definition) is 13. The van der Waals surface area contributed by atoms with Crippen molar-refractivity contribution in [2.24, 2.45) is 5.11 Å². The lowest BCUT2D eigenvalue weighted by atomic mass is 9.95. The number of nitrogens with two attached hydrogens (primary N) is 2. The molecule has 0 saturated carbocycles. The number of hydrogen-bond donors (Lipinski definition) is 5. The van der Waals surface area contributed by atoms with Gasteiger partial charge in [0, 0.05) is 49.1 Å². The van der Waals surface area contributed by atoms with Gasteiger partial charge in [0.15, 0.2) is 5.95 Å². The van der Waals surface area contributed by atoms with Crippen LogP contribution in [0.1, 0.15) is 138 Å². The monoisotopic (exact) mass is 1080 g/mol. The molecule has 5 aromatic rings. The predicted molar refractivity (Wildman–Crippen MR) is 295 cm³/mol. The summed E-state index contributed by atoms with van der Waals surface area (Å²) in [5.74, 6) is 3.24. The van der Waals surface area contributed by atoms with E-state index in [9.17, 15) is 21.6 Å². The summed E-state index contributed by atoms with van der Waals surface area (Å²) in [5, 5.41) is 11.7. The molecule has 0 aliphatic rings. The van der Waals surface area contributed by atoms with E-state index in [-0.39, 0.29) is 38.0 Å². The topological polar surface area (TPSA) is 297 Å². The smallest absolute Gasteiger partial charge is 0.421 e. The number of imidazole rings is 2. The first-order valence-electron chi connectivity index (χ1n) is 24.5. The summed E-state index contributed by atoms with van der Waals surface area (Å²) in [4.78, 5) is 26.4. The van der Waals surface area contributed by atoms with Crippen molar-refractivity contribution in [3.05, 3.63) is 102 Å². The molecule has 0 fully saturated rings. The van der Waals surface area contributed by atoms with E-state index in [0.29, 0.717) is 22.3 Å². The van der Waals surface area contributed by atoms with Crippen molar-refractivity contribution in [2.75, 3.05) is 31.1 Å². The first kappa shape index (κ1) is 64.2. The van der Waals surface area contributed by atoms with Gasteiger partial charge in [-0.1, -0.05) is 23.2 Å². The molecule has 0 saturated heterocycles. The number of rotatable bonds is 21. The summed E-state index contributed by atoms with van der Waals surface area (Å²) < 4.78 is 64.3. The van der Waals surface area contributed by atoms with Gasteiger partial charge in [0.05, 0.1) is 33.9 Å². The fraction of sp³-hybridized carbons (Fsp3) is 0.549. The van der Waals surface area contributed by atoms with E-state index in [1.807, 2.05) is 96.2 Å². The molecule has 74 heavy (non-hydrogen) atoms. The molecule has 3 aromatic heterocycles. The Morgan fingerprint density at radius 3 is 1.73 bits per heavy atom. The number of nitrogens with one attached hydrogen (secondary N) is 3. The summed E-state index contributed by atoms with van der Waals surface area (Å²) >= 11 is 0. The Balaban J connectivity index is 0.000000399. The van der Waals surface area contributed by atoms with Crippen molar-refractivity contribution in [3.8, 4) is 12.3 Å². The van der Waals surface area contributed by atoms with Crippen LogP contribution >= 0.6 is 12.4 Å². The number of aromatic amines is 1. The first-order valence-corrected chi connectivity index (χ1v) is 27.5. The number of ether oxygens (including phenoxy) is 1. The molecule has 20 nitrogen and oxygen atoms in total. The van der Waals surface area contributed by atoms with Gasteiger partial charge in [0.2, 0.25) is 26.0 Å². The minimum atomic E-state index is -3.62. The van der Waals surface area contributed by atoms with Crippen LogP contribution in [0.25, 0.3) is 10.4 Å². The normalized spacial score (nSPS) is 11.4. The Morgan fingerprint density at radius 1 is 0.757 bits per heavy atom. The third kappa shape index (κ3) is 18.8. The van der Waals surface area contributed by atoms with Crippen molar-refractivity contribution >= 4 is 50.4 Å². The van der Waals surface area contributed by atoms with Crippen LogP contribution in [-0.2, 0) is 50.6 Å². The number of nitrogen functional groups attached to an aromatic ring is 2. The molecular weight excluding hydrogens is 1000 g/mol. The van der Waals surface area contributed by atoms with Crippen LogP contribution in [0.15, 0.2) is 33.5 Å². The van der Waals surface area contributed by atoms with Gasteiger partial charge >= 0.3 is 6.09 Å². The molecule has 3 heterocycles. The second kappa shape index (κ2) is 29.2. The van der Waals surface area contributed by atoms with Gasteiger partial charge in [-0.25, -0.2) is 45.6 Å². The molecule has 23 heteroatoms. The zero-order chi connectivity index (χ0) is 54.8. The molecule has 0 amide bonds. The van der Waals surface area contributed by atoms with Crippen LogP contribution in [0.4, 0.5) is 16.7 Å². The van der Waals surface area contributed by atoms with Crippen molar-refractivity contribution < 1.29 is 26.4 Å². The molecule has 408 valence electrons. The van der Waals surface area contributed by atoms with Crippen LogP contribution in [0.5, 0.6) is 0 Å². The average molecular weight is 1080 g/mol. The number of azide groups is 1. The van der Waals surface area contributed by atoms with Crippen LogP contribution in [0, 0.1) is 81.6 Å². The third-order valence-corrected chi connectivity index (χ3v) is 16.3. The number of aryl methyl sites for hydroxylation is 3. The maximum absolute atomic E-state index is 13.0. The minimum Gasteiger partial charge on any atom is -0.443 e. The highest BCUT2D eigenvalue weighted by molar-refractivity contribution is 7.90. The van der Waals surface area contributed by atoms with E-state index in [1.165, 1.54) is 4.57 Å². The Labute approximate surface area is 445 Å². The molecule has 0 aliphatic heterocycles. The van der Waals surface area contributed by atoms with E-state index in [1.54, 1.807) is 17.1 Å².